The minimum absolute atomic E-state index is 0.967. The lowest BCUT2D eigenvalue weighted by Gasteiger charge is -2.13. The maximum Gasteiger partial charge on any atom is -0.000705 e. The third-order valence-electron chi connectivity index (χ3n) is 6.13. The predicted octanol–water partition coefficient (Wildman–Crippen LogP) is 7.16. The highest BCUT2D eigenvalue weighted by molar-refractivity contribution is 6.06. The molecule has 0 nitrogen and oxygen atoms in total. The summed E-state index contributed by atoms with van der Waals surface area (Å²) < 4.78 is 0. The minimum Gasteiger partial charge on any atom is -0.0622 e. The van der Waals surface area contributed by atoms with Gasteiger partial charge in [0.25, 0.3) is 0 Å². The molecule has 0 saturated heterocycles. The second-order valence-electron chi connectivity index (χ2n) is 7.77. The van der Waals surface area contributed by atoms with Gasteiger partial charge in [0.1, 0.15) is 0 Å². The summed E-state index contributed by atoms with van der Waals surface area (Å²) in [6.45, 7) is 0. The van der Waals surface area contributed by atoms with Gasteiger partial charge in [-0.05, 0) is 73.8 Å². The zero-order chi connectivity index (χ0) is 18.5. The van der Waals surface area contributed by atoms with Crippen molar-refractivity contribution in [2.45, 2.75) is 12.8 Å². The number of benzene rings is 5. The molecular formula is C28H20. The van der Waals surface area contributed by atoms with Crippen LogP contribution < -0.4 is 0 Å². The van der Waals surface area contributed by atoms with Gasteiger partial charge in [-0.2, -0.15) is 0 Å². The van der Waals surface area contributed by atoms with Crippen LogP contribution in [0.25, 0.3) is 32.7 Å². The van der Waals surface area contributed by atoms with Gasteiger partial charge in [-0.15, -0.1) is 0 Å². The molecular weight excluding hydrogens is 336 g/mol. The summed E-state index contributed by atoms with van der Waals surface area (Å²) in [5.41, 5.74) is 8.59. The van der Waals surface area contributed by atoms with Crippen molar-refractivity contribution in [2.75, 3.05) is 0 Å². The van der Waals surface area contributed by atoms with Crippen LogP contribution >= 0.6 is 0 Å². The monoisotopic (exact) mass is 356 g/mol. The van der Waals surface area contributed by atoms with Crippen LogP contribution in [0.15, 0.2) is 97.1 Å². The molecule has 1 aliphatic rings. The summed E-state index contributed by atoms with van der Waals surface area (Å²) >= 11 is 0. The van der Waals surface area contributed by atoms with Gasteiger partial charge in [0.2, 0.25) is 0 Å². The Morgan fingerprint density at radius 3 is 2.18 bits per heavy atom. The molecule has 0 aromatic heterocycles. The molecule has 0 spiro atoms. The Morgan fingerprint density at radius 2 is 1.32 bits per heavy atom. The largest absolute Gasteiger partial charge is 0.0622 e. The average molecular weight is 356 g/mol. The number of hydrogen-bond donors (Lipinski definition) is 0. The zero-order valence-corrected chi connectivity index (χ0v) is 15.7. The number of rotatable bonds is 2. The molecule has 0 radical (unpaired) electrons. The molecule has 0 heteroatoms. The third kappa shape index (κ3) is 2.31. The summed E-state index contributed by atoms with van der Waals surface area (Å²) in [5.74, 6) is 0. The first kappa shape index (κ1) is 15.7. The topological polar surface area (TPSA) is 0 Å². The van der Waals surface area contributed by atoms with Crippen molar-refractivity contribution in [2.24, 2.45) is 0 Å². The molecule has 132 valence electrons. The van der Waals surface area contributed by atoms with E-state index in [1.165, 1.54) is 54.9 Å². The molecule has 0 saturated carbocycles. The zero-order valence-electron chi connectivity index (χ0n) is 15.7. The van der Waals surface area contributed by atoms with E-state index in [9.17, 15) is 0 Å². The molecule has 0 heterocycles. The van der Waals surface area contributed by atoms with E-state index in [1.807, 2.05) is 0 Å². The summed E-state index contributed by atoms with van der Waals surface area (Å²) in [7, 11) is 0. The number of fused-ring (bicyclic) bond motifs is 7. The third-order valence-corrected chi connectivity index (χ3v) is 6.13. The summed E-state index contributed by atoms with van der Waals surface area (Å²) in [4.78, 5) is 0. The van der Waals surface area contributed by atoms with Crippen LogP contribution in [0.1, 0.15) is 22.3 Å². The fraction of sp³-hybridized carbons (Fsp3) is 0.0714. The fourth-order valence-corrected chi connectivity index (χ4v) is 4.86. The first-order valence-electron chi connectivity index (χ1n) is 9.97. The van der Waals surface area contributed by atoms with E-state index in [0.29, 0.717) is 0 Å². The average Bonchev–Trinajstić information content (AvgIpc) is 3.14. The molecule has 0 fully saturated rings. The van der Waals surface area contributed by atoms with Crippen molar-refractivity contribution >= 4 is 21.5 Å². The molecule has 5 aromatic rings. The van der Waals surface area contributed by atoms with Gasteiger partial charge in [-0.25, -0.2) is 0 Å². The lowest BCUT2D eigenvalue weighted by atomic mass is 9.90. The Morgan fingerprint density at radius 1 is 0.607 bits per heavy atom. The highest BCUT2D eigenvalue weighted by atomic mass is 14.3. The van der Waals surface area contributed by atoms with Crippen LogP contribution in [0.5, 0.6) is 0 Å². The first-order valence-corrected chi connectivity index (χ1v) is 9.97. The molecule has 0 unspecified atom stereocenters. The van der Waals surface area contributed by atoms with Gasteiger partial charge < -0.3 is 0 Å². The predicted molar refractivity (Wildman–Crippen MR) is 119 cm³/mol. The molecule has 0 amide bonds. The first-order chi connectivity index (χ1) is 13.9. The fourth-order valence-electron chi connectivity index (χ4n) is 4.86. The highest BCUT2D eigenvalue weighted by Crippen LogP contribution is 2.45. The second-order valence-corrected chi connectivity index (χ2v) is 7.77. The van der Waals surface area contributed by atoms with E-state index in [1.54, 1.807) is 0 Å². The van der Waals surface area contributed by atoms with Crippen molar-refractivity contribution < 1.29 is 0 Å². The summed E-state index contributed by atoms with van der Waals surface area (Å²) in [6.07, 6.45) is 2.00. The smallest absolute Gasteiger partial charge is 0.000705 e. The molecule has 0 bridgehead atoms. The normalized spacial score (nSPS) is 12.3. The van der Waals surface area contributed by atoms with Crippen molar-refractivity contribution in [3.63, 3.8) is 0 Å². The van der Waals surface area contributed by atoms with Crippen LogP contribution in [0.3, 0.4) is 0 Å². The van der Waals surface area contributed by atoms with Gasteiger partial charge in [-0.3, -0.25) is 0 Å². The van der Waals surface area contributed by atoms with E-state index in [4.69, 9.17) is 0 Å². The van der Waals surface area contributed by atoms with E-state index in [0.717, 1.165) is 12.8 Å². The van der Waals surface area contributed by atoms with Crippen LogP contribution in [0, 0.1) is 0 Å². The van der Waals surface area contributed by atoms with Gasteiger partial charge in [0.05, 0.1) is 0 Å². The molecule has 6 rings (SSSR count). The van der Waals surface area contributed by atoms with E-state index < -0.39 is 0 Å². The molecule has 0 N–H and O–H groups in total. The molecule has 0 aliphatic heterocycles. The maximum atomic E-state index is 2.46. The lowest BCUT2D eigenvalue weighted by Crippen LogP contribution is -1.93. The van der Waals surface area contributed by atoms with E-state index >= 15 is 0 Å². The van der Waals surface area contributed by atoms with Crippen LogP contribution in [-0.4, -0.2) is 0 Å². The summed E-state index contributed by atoms with van der Waals surface area (Å²) in [6, 6.07) is 35.6. The van der Waals surface area contributed by atoms with Crippen molar-refractivity contribution in [1.82, 2.24) is 0 Å². The molecule has 0 atom stereocenters. The Hall–Kier alpha value is -3.38. The Kier molecular flexibility index (Phi) is 3.39. The minimum atomic E-state index is 0.967. The highest BCUT2D eigenvalue weighted by Gasteiger charge is 2.24. The van der Waals surface area contributed by atoms with Crippen LogP contribution in [0.2, 0.25) is 0 Å². The maximum absolute atomic E-state index is 2.46. The van der Waals surface area contributed by atoms with Crippen molar-refractivity contribution in [1.29, 1.82) is 0 Å². The number of hydrogen-bond acceptors (Lipinski definition) is 0. The van der Waals surface area contributed by atoms with E-state index in [-0.39, 0.29) is 0 Å². The Labute approximate surface area is 165 Å². The van der Waals surface area contributed by atoms with E-state index in [2.05, 4.69) is 97.1 Å². The van der Waals surface area contributed by atoms with Gasteiger partial charge in [0, 0.05) is 0 Å². The molecule has 28 heavy (non-hydrogen) atoms. The van der Waals surface area contributed by atoms with Gasteiger partial charge >= 0.3 is 0 Å². The molecule has 5 aromatic carbocycles. The Bertz CT molecular complexity index is 1340. The van der Waals surface area contributed by atoms with Crippen LogP contribution in [-0.2, 0) is 12.8 Å². The van der Waals surface area contributed by atoms with Crippen molar-refractivity contribution in [3.8, 4) is 11.1 Å². The molecule has 1 aliphatic carbocycles. The SMILES string of the molecule is c1ccc(Cc2cc3c(c4ccccc24)Cc2ccc4ccccc4c2-3)cc1. The Balaban J connectivity index is 1.65. The second kappa shape index (κ2) is 6.07. The summed E-state index contributed by atoms with van der Waals surface area (Å²) in [5, 5.41) is 5.50. The van der Waals surface area contributed by atoms with Crippen LogP contribution in [0.4, 0.5) is 0 Å². The lowest BCUT2D eigenvalue weighted by molar-refractivity contribution is 1.21. The standard InChI is InChI=1S/C28H20/c1-2-8-19(9-3-1)16-22-18-27-26(25-13-7-6-11-23(22)25)17-21-15-14-20-10-4-5-12-24(20)28(21)27/h1-15,18H,16-17H2. The van der Waals surface area contributed by atoms with Gasteiger partial charge in [-0.1, -0.05) is 91.0 Å². The van der Waals surface area contributed by atoms with Gasteiger partial charge in [0.15, 0.2) is 0 Å². The quantitative estimate of drug-likeness (QED) is 0.309. The van der Waals surface area contributed by atoms with Crippen molar-refractivity contribution in [3.05, 3.63) is 119 Å².